The van der Waals surface area contributed by atoms with Crippen molar-refractivity contribution in [3.8, 4) is 0 Å². The van der Waals surface area contributed by atoms with Crippen molar-refractivity contribution >= 4 is 22.6 Å². The van der Waals surface area contributed by atoms with E-state index in [1.165, 1.54) is 17.6 Å². The van der Waals surface area contributed by atoms with Gasteiger partial charge in [0.05, 0.1) is 5.56 Å². The van der Waals surface area contributed by atoms with Gasteiger partial charge in [-0.15, -0.1) is 5.10 Å². The monoisotopic (exact) mass is 481 g/mol. The van der Waals surface area contributed by atoms with Crippen LogP contribution in [0.4, 0.5) is 28.6 Å². The maximum Gasteiger partial charge on any atom is 0.419 e. The zero-order chi connectivity index (χ0) is 23.2. The first kappa shape index (κ1) is 22.1. The summed E-state index contributed by atoms with van der Waals surface area (Å²) >= 11 is 1.40. The molecule has 1 unspecified atom stereocenters. The van der Waals surface area contributed by atoms with Gasteiger partial charge in [-0.05, 0) is 50.3 Å². The molecule has 0 spiro atoms. The molecule has 1 atom stereocenters. The average Bonchev–Trinajstić information content (AvgIpc) is 3.39. The Morgan fingerprint density at radius 3 is 2.58 bits per heavy atom. The third-order valence-corrected chi connectivity index (χ3v) is 7.06. The second kappa shape index (κ2) is 8.54. The van der Waals surface area contributed by atoms with E-state index < -0.39 is 17.6 Å². The molecule has 4 heterocycles. The Labute approximate surface area is 192 Å². The molecule has 1 fully saturated rings. The summed E-state index contributed by atoms with van der Waals surface area (Å²) in [6.07, 6.45) is -1.56. The topological polar surface area (TPSA) is 71.8 Å². The summed E-state index contributed by atoms with van der Waals surface area (Å²) in [5.74, 6) is 0.263. The molecule has 7 nitrogen and oxygen atoms in total. The van der Waals surface area contributed by atoms with Crippen LogP contribution in [-0.4, -0.2) is 43.3 Å². The molecule has 33 heavy (non-hydrogen) atoms. The molecule has 2 aromatic heterocycles. The maximum absolute atomic E-state index is 13.8. The Balaban J connectivity index is 1.30. The molecule has 2 aliphatic rings. The number of hydrogen-bond acceptors (Lipinski definition) is 7. The van der Waals surface area contributed by atoms with E-state index >= 15 is 0 Å². The highest BCUT2D eigenvalue weighted by Gasteiger charge is 2.36. The first-order valence-corrected chi connectivity index (χ1v) is 11.7. The highest BCUT2D eigenvalue weighted by Crippen LogP contribution is 2.37. The smallest absolute Gasteiger partial charge is 0.350 e. The minimum atomic E-state index is -4.74. The highest BCUT2D eigenvalue weighted by molar-refractivity contribution is 7.09. The van der Waals surface area contributed by atoms with Gasteiger partial charge < -0.3 is 10.2 Å². The van der Waals surface area contributed by atoms with Crippen LogP contribution in [0.1, 0.15) is 54.4 Å². The van der Waals surface area contributed by atoms with E-state index in [9.17, 15) is 17.6 Å². The number of aromatic nitrogens is 5. The largest absolute Gasteiger partial charge is 0.419 e. The van der Waals surface area contributed by atoms with Gasteiger partial charge in [-0.2, -0.15) is 22.5 Å². The van der Waals surface area contributed by atoms with Crippen molar-refractivity contribution in [1.82, 2.24) is 24.1 Å². The number of nitrogens with one attached hydrogen (secondary N) is 1. The van der Waals surface area contributed by atoms with Crippen LogP contribution in [0.15, 0.2) is 18.2 Å². The third-order valence-electron chi connectivity index (χ3n) is 6.19. The van der Waals surface area contributed by atoms with E-state index in [1.807, 2.05) is 6.92 Å². The van der Waals surface area contributed by atoms with Crippen LogP contribution in [0, 0.1) is 12.7 Å². The normalized spacial score (nSPS) is 19.5. The second-order valence-corrected chi connectivity index (χ2v) is 9.21. The minimum absolute atomic E-state index is 0.195. The van der Waals surface area contributed by atoms with Crippen LogP contribution < -0.4 is 10.2 Å². The quantitative estimate of drug-likeness (QED) is 0.549. The zero-order valence-electron chi connectivity index (χ0n) is 17.9. The summed E-state index contributed by atoms with van der Waals surface area (Å²) in [5, 5.41) is 8.88. The van der Waals surface area contributed by atoms with Crippen molar-refractivity contribution in [2.45, 2.75) is 57.3 Å². The van der Waals surface area contributed by atoms with Gasteiger partial charge in [0.2, 0.25) is 11.1 Å². The van der Waals surface area contributed by atoms with Crippen molar-refractivity contribution in [3.63, 3.8) is 0 Å². The van der Waals surface area contributed by atoms with E-state index in [-0.39, 0.29) is 12.0 Å². The zero-order valence-corrected chi connectivity index (χ0v) is 18.8. The third kappa shape index (κ3) is 4.53. The van der Waals surface area contributed by atoms with E-state index in [4.69, 9.17) is 0 Å². The molecule has 0 bridgehead atoms. The molecular weight excluding hydrogens is 458 g/mol. The van der Waals surface area contributed by atoms with E-state index in [1.54, 1.807) is 4.68 Å². The molecule has 1 N–H and O–H groups in total. The number of fused-ring (bicyclic) bond motifs is 1. The standard InChI is InChI=1S/C21H23F4N7S/c1-12-26-20(33-30-12)31-9-6-14(7-10-31)27-19-28-18-15(3-2-8-32(18)29-19)13-4-5-17(22)16(11-13)21(23,24)25/h4-5,11,14-15H,2-3,6-10H2,1H3,(H,27,29). The first-order chi connectivity index (χ1) is 15.8. The van der Waals surface area contributed by atoms with Crippen LogP contribution in [-0.2, 0) is 12.7 Å². The lowest BCUT2D eigenvalue weighted by Gasteiger charge is -2.31. The molecule has 0 amide bonds. The van der Waals surface area contributed by atoms with Gasteiger partial charge in [0.1, 0.15) is 17.5 Å². The fraction of sp³-hybridized carbons (Fsp3) is 0.524. The lowest BCUT2D eigenvalue weighted by atomic mass is 9.90. The van der Waals surface area contributed by atoms with E-state index in [2.05, 4.69) is 29.7 Å². The lowest BCUT2D eigenvalue weighted by molar-refractivity contribution is -0.140. The summed E-state index contributed by atoms with van der Waals surface area (Å²) < 4.78 is 59.4. The van der Waals surface area contributed by atoms with Crippen molar-refractivity contribution < 1.29 is 17.6 Å². The van der Waals surface area contributed by atoms with Crippen LogP contribution in [0.5, 0.6) is 0 Å². The Bertz CT molecular complexity index is 1130. The fourth-order valence-electron chi connectivity index (χ4n) is 4.52. The predicted molar refractivity (Wildman–Crippen MR) is 116 cm³/mol. The average molecular weight is 482 g/mol. The summed E-state index contributed by atoms with van der Waals surface area (Å²) in [6.45, 7) is 4.23. The van der Waals surface area contributed by atoms with Gasteiger partial charge >= 0.3 is 6.18 Å². The van der Waals surface area contributed by atoms with Gasteiger partial charge in [0.15, 0.2) is 0 Å². The molecule has 3 aromatic rings. The lowest BCUT2D eigenvalue weighted by Crippen LogP contribution is -2.39. The van der Waals surface area contributed by atoms with Crippen molar-refractivity contribution in [1.29, 1.82) is 0 Å². The van der Waals surface area contributed by atoms with E-state index in [0.29, 0.717) is 30.3 Å². The van der Waals surface area contributed by atoms with Crippen molar-refractivity contribution in [2.75, 3.05) is 23.3 Å². The van der Waals surface area contributed by atoms with Crippen LogP contribution >= 0.6 is 11.5 Å². The van der Waals surface area contributed by atoms with Gasteiger partial charge in [0.25, 0.3) is 0 Å². The fourth-order valence-corrected chi connectivity index (χ4v) is 5.24. The molecule has 1 saturated heterocycles. The summed E-state index contributed by atoms with van der Waals surface area (Å²) in [7, 11) is 0. The number of hydrogen-bond donors (Lipinski definition) is 1. The molecule has 12 heteroatoms. The Kier molecular flexibility index (Phi) is 5.71. The molecule has 2 aliphatic heterocycles. The van der Waals surface area contributed by atoms with E-state index in [0.717, 1.165) is 55.4 Å². The second-order valence-electron chi connectivity index (χ2n) is 8.48. The predicted octanol–water partition coefficient (Wildman–Crippen LogP) is 4.60. The molecule has 1 aromatic carbocycles. The van der Waals surface area contributed by atoms with Gasteiger partial charge in [0, 0.05) is 43.1 Å². The Morgan fingerprint density at radius 1 is 1.09 bits per heavy atom. The summed E-state index contributed by atoms with van der Waals surface area (Å²) in [5.41, 5.74) is -0.836. The van der Waals surface area contributed by atoms with Crippen LogP contribution in [0.25, 0.3) is 0 Å². The number of anilines is 2. The summed E-state index contributed by atoms with van der Waals surface area (Å²) in [4.78, 5) is 11.3. The number of rotatable bonds is 4. The number of halogens is 4. The molecule has 176 valence electrons. The number of benzene rings is 1. The molecular formula is C21H23F4N7S. The number of nitrogens with zero attached hydrogens (tertiary/aromatic N) is 6. The Hall–Kier alpha value is -2.76. The van der Waals surface area contributed by atoms with Crippen molar-refractivity contribution in [3.05, 3.63) is 46.8 Å². The highest BCUT2D eigenvalue weighted by atomic mass is 32.1. The summed E-state index contributed by atoms with van der Waals surface area (Å²) in [6, 6.07) is 3.40. The molecule has 0 saturated carbocycles. The number of aryl methyl sites for hydroxylation is 2. The number of piperidine rings is 1. The molecule has 5 rings (SSSR count). The number of alkyl halides is 3. The maximum atomic E-state index is 13.8. The minimum Gasteiger partial charge on any atom is -0.350 e. The van der Waals surface area contributed by atoms with Crippen LogP contribution in [0.3, 0.4) is 0 Å². The Morgan fingerprint density at radius 2 is 1.88 bits per heavy atom. The van der Waals surface area contributed by atoms with Crippen LogP contribution in [0.2, 0.25) is 0 Å². The van der Waals surface area contributed by atoms with Gasteiger partial charge in [-0.25, -0.2) is 14.1 Å². The first-order valence-electron chi connectivity index (χ1n) is 10.9. The molecule has 0 radical (unpaired) electrons. The van der Waals surface area contributed by atoms with Gasteiger partial charge in [-0.3, -0.25) is 0 Å². The van der Waals surface area contributed by atoms with Crippen molar-refractivity contribution in [2.24, 2.45) is 0 Å². The SMILES string of the molecule is Cc1nsc(N2CCC(Nc3nc4n(n3)CCCC4c3ccc(F)c(C(F)(F)F)c3)CC2)n1. The molecule has 0 aliphatic carbocycles. The van der Waals surface area contributed by atoms with Gasteiger partial charge in [-0.1, -0.05) is 6.07 Å².